The Morgan fingerprint density at radius 1 is 1.09 bits per heavy atom. The number of esters is 2. The molecule has 0 aliphatic carbocycles. The number of methoxy groups -OCH3 is 2. The largest absolute Gasteiger partial charge is 0.488 e. The molecule has 0 aromatic heterocycles. The maximum absolute atomic E-state index is 15.4. The van der Waals surface area contributed by atoms with E-state index in [4.69, 9.17) is 19.9 Å². The summed E-state index contributed by atoms with van der Waals surface area (Å²) in [5.41, 5.74) is 5.40. The molecule has 3 rings (SSSR count). The number of nitrogens with zero attached hydrogens (tertiary/aromatic N) is 2. The number of allylic oxidation sites excluding steroid dienone is 1. The minimum Gasteiger partial charge on any atom is -0.488 e. The second-order valence-electron chi connectivity index (χ2n) is 6.98. The van der Waals surface area contributed by atoms with E-state index in [2.05, 4.69) is 0 Å². The van der Waals surface area contributed by atoms with Crippen molar-refractivity contribution in [2.45, 2.75) is 12.8 Å². The maximum Gasteiger partial charge on any atom is 0.355 e. The fourth-order valence-electron chi connectivity index (χ4n) is 3.74. The van der Waals surface area contributed by atoms with Gasteiger partial charge in [0.2, 0.25) is 0 Å². The summed E-state index contributed by atoms with van der Waals surface area (Å²) in [6.07, 6.45) is 0. The molecule has 1 atom stereocenters. The lowest BCUT2D eigenvalue weighted by Gasteiger charge is -2.36. The Balaban J connectivity index is 2.44. The molecular weight excluding hydrogens is 448 g/mol. The van der Waals surface area contributed by atoms with Crippen molar-refractivity contribution < 1.29 is 32.6 Å². The van der Waals surface area contributed by atoms with Crippen LogP contribution in [0.4, 0.5) is 14.5 Å². The summed E-state index contributed by atoms with van der Waals surface area (Å²) in [6, 6.07) is 12.2. The Kier molecular flexibility index (Phi) is 7.16. The Morgan fingerprint density at radius 3 is 2.29 bits per heavy atom. The summed E-state index contributed by atoms with van der Waals surface area (Å²) in [5, 5.41) is 9.98. The first kappa shape index (κ1) is 24.3. The third-order valence-electron chi connectivity index (χ3n) is 5.17. The van der Waals surface area contributed by atoms with Crippen molar-refractivity contribution in [1.29, 1.82) is 5.26 Å². The van der Waals surface area contributed by atoms with Gasteiger partial charge in [-0.3, -0.25) is 4.90 Å². The van der Waals surface area contributed by atoms with Crippen LogP contribution in [0.5, 0.6) is 5.75 Å². The van der Waals surface area contributed by atoms with Gasteiger partial charge in [0, 0.05) is 0 Å². The number of hydrogen-bond donors (Lipinski definition) is 1. The molecule has 0 bridgehead atoms. The van der Waals surface area contributed by atoms with Gasteiger partial charge in [-0.05, 0) is 24.6 Å². The van der Waals surface area contributed by atoms with Crippen molar-refractivity contribution in [2.24, 2.45) is 5.73 Å². The van der Waals surface area contributed by atoms with Crippen LogP contribution in [0.25, 0.3) is 0 Å². The number of rotatable bonds is 6. The number of nitriles is 1. The molecule has 0 spiro atoms. The molecule has 1 unspecified atom stereocenters. The van der Waals surface area contributed by atoms with Crippen LogP contribution in [-0.4, -0.2) is 32.8 Å². The molecule has 10 heteroatoms. The lowest BCUT2D eigenvalue weighted by molar-refractivity contribution is -0.139. The molecule has 2 aromatic rings. The number of hydrogen-bond acceptors (Lipinski definition) is 8. The Labute approximate surface area is 194 Å². The summed E-state index contributed by atoms with van der Waals surface area (Å²) in [7, 11) is 2.16. The topological polar surface area (TPSA) is 115 Å². The highest BCUT2D eigenvalue weighted by atomic mass is 19.1. The van der Waals surface area contributed by atoms with E-state index in [1.54, 1.807) is 30.3 Å². The summed E-state index contributed by atoms with van der Waals surface area (Å²) < 4.78 is 44.5. The molecule has 34 heavy (non-hydrogen) atoms. The molecule has 0 radical (unpaired) electrons. The lowest BCUT2D eigenvalue weighted by Crippen LogP contribution is -2.41. The van der Waals surface area contributed by atoms with Gasteiger partial charge in [0.15, 0.2) is 17.4 Å². The first-order valence-electron chi connectivity index (χ1n) is 10.1. The number of nitrogens with two attached hydrogens (primary N) is 1. The average Bonchev–Trinajstić information content (AvgIpc) is 2.85. The van der Waals surface area contributed by atoms with E-state index in [9.17, 15) is 19.2 Å². The highest BCUT2D eigenvalue weighted by Crippen LogP contribution is 2.44. The molecule has 1 aliphatic rings. The molecule has 0 amide bonds. The van der Waals surface area contributed by atoms with Gasteiger partial charge in [0.25, 0.3) is 0 Å². The van der Waals surface area contributed by atoms with E-state index in [0.29, 0.717) is 5.56 Å². The molecule has 176 valence electrons. The Bertz CT molecular complexity index is 1240. The number of carbonyl (C=O) groups is 2. The number of benzene rings is 2. The van der Waals surface area contributed by atoms with Gasteiger partial charge in [0.05, 0.1) is 49.6 Å². The van der Waals surface area contributed by atoms with Gasteiger partial charge in [-0.1, -0.05) is 30.3 Å². The van der Waals surface area contributed by atoms with Gasteiger partial charge in [-0.15, -0.1) is 0 Å². The van der Waals surface area contributed by atoms with E-state index in [1.807, 2.05) is 6.07 Å². The molecule has 1 aliphatic heterocycles. The van der Waals surface area contributed by atoms with Gasteiger partial charge in [0.1, 0.15) is 11.5 Å². The van der Waals surface area contributed by atoms with Crippen molar-refractivity contribution in [3.8, 4) is 11.8 Å². The smallest absolute Gasteiger partial charge is 0.355 e. The summed E-state index contributed by atoms with van der Waals surface area (Å²) in [6.45, 7) is 1.49. The summed E-state index contributed by atoms with van der Waals surface area (Å²) in [5.74, 6) is -6.36. The molecule has 0 saturated heterocycles. The van der Waals surface area contributed by atoms with Crippen LogP contribution in [0.15, 0.2) is 65.1 Å². The van der Waals surface area contributed by atoms with E-state index >= 15 is 4.39 Å². The zero-order chi connectivity index (χ0) is 25.0. The van der Waals surface area contributed by atoms with Crippen LogP contribution in [-0.2, 0) is 19.1 Å². The predicted octanol–water partition coefficient (Wildman–Crippen LogP) is 3.26. The third-order valence-corrected chi connectivity index (χ3v) is 5.17. The predicted molar refractivity (Wildman–Crippen MR) is 117 cm³/mol. The van der Waals surface area contributed by atoms with Crippen LogP contribution in [0.1, 0.15) is 18.4 Å². The number of carbonyl (C=O) groups excluding carboxylic acids is 2. The minimum absolute atomic E-state index is 0.0464. The first-order valence-corrected chi connectivity index (χ1v) is 10.1. The number of anilines is 1. The average molecular weight is 469 g/mol. The van der Waals surface area contributed by atoms with Gasteiger partial charge in [-0.25, -0.2) is 18.4 Å². The van der Waals surface area contributed by atoms with Crippen LogP contribution in [0.3, 0.4) is 0 Å². The normalized spacial score (nSPS) is 15.6. The van der Waals surface area contributed by atoms with E-state index in [0.717, 1.165) is 31.3 Å². The van der Waals surface area contributed by atoms with Crippen LogP contribution < -0.4 is 15.4 Å². The zero-order valence-electron chi connectivity index (χ0n) is 18.6. The maximum atomic E-state index is 15.4. The standard InChI is InChI=1S/C24H21F2N3O5/c1-4-34-21-15(25)10-11-16(19(21)26)29-20(24(31)33-3)18(23(30)32-2)17(14(12-27)22(29)28)13-8-6-5-7-9-13/h5-11,17H,4,28H2,1-3H3. The Hall–Kier alpha value is -4.39. The van der Waals surface area contributed by atoms with Crippen LogP contribution in [0, 0.1) is 23.0 Å². The molecule has 8 nitrogen and oxygen atoms in total. The fourth-order valence-corrected chi connectivity index (χ4v) is 3.74. The van der Waals surface area contributed by atoms with Gasteiger partial charge < -0.3 is 19.9 Å². The molecule has 2 aromatic carbocycles. The quantitative estimate of drug-likeness (QED) is 0.641. The Morgan fingerprint density at radius 2 is 1.74 bits per heavy atom. The second kappa shape index (κ2) is 10.0. The van der Waals surface area contributed by atoms with E-state index in [-0.39, 0.29) is 23.6 Å². The SMILES string of the molecule is CCOc1c(F)ccc(N2C(N)=C(C#N)C(c3ccccc3)C(C(=O)OC)=C2C(=O)OC)c1F. The van der Waals surface area contributed by atoms with Crippen molar-refractivity contribution in [3.05, 3.63) is 82.3 Å². The summed E-state index contributed by atoms with van der Waals surface area (Å²) >= 11 is 0. The van der Waals surface area contributed by atoms with Crippen molar-refractivity contribution in [3.63, 3.8) is 0 Å². The minimum atomic E-state index is -1.19. The van der Waals surface area contributed by atoms with Crippen molar-refractivity contribution >= 4 is 17.6 Å². The third kappa shape index (κ3) is 4.03. The van der Waals surface area contributed by atoms with Crippen molar-refractivity contribution in [1.82, 2.24) is 0 Å². The zero-order valence-corrected chi connectivity index (χ0v) is 18.6. The van der Waals surface area contributed by atoms with Crippen molar-refractivity contribution in [2.75, 3.05) is 25.7 Å². The fraction of sp³-hybridized carbons (Fsp3) is 0.208. The van der Waals surface area contributed by atoms with Gasteiger partial charge in [-0.2, -0.15) is 5.26 Å². The van der Waals surface area contributed by atoms with Crippen LogP contribution >= 0.6 is 0 Å². The molecule has 2 N–H and O–H groups in total. The highest BCUT2D eigenvalue weighted by Gasteiger charge is 2.44. The van der Waals surface area contributed by atoms with Gasteiger partial charge >= 0.3 is 11.9 Å². The molecule has 0 fully saturated rings. The number of halogens is 2. The second-order valence-corrected chi connectivity index (χ2v) is 6.98. The van der Waals surface area contributed by atoms with E-state index < -0.39 is 46.6 Å². The summed E-state index contributed by atoms with van der Waals surface area (Å²) in [4.78, 5) is 26.8. The first-order chi connectivity index (χ1) is 16.3. The van der Waals surface area contributed by atoms with Crippen LogP contribution in [0.2, 0.25) is 0 Å². The highest BCUT2D eigenvalue weighted by molar-refractivity contribution is 6.06. The number of ether oxygens (including phenoxy) is 3. The lowest BCUT2D eigenvalue weighted by atomic mass is 9.81. The van der Waals surface area contributed by atoms with E-state index in [1.165, 1.54) is 6.92 Å². The molecule has 0 saturated carbocycles. The molecule has 1 heterocycles. The molecular formula is C24H21F2N3O5. The monoisotopic (exact) mass is 469 g/mol.